The first-order chi connectivity index (χ1) is 8.59. The van der Waals surface area contributed by atoms with Crippen LogP contribution in [0.4, 0.5) is 0 Å². The summed E-state index contributed by atoms with van der Waals surface area (Å²) >= 11 is 0. The second kappa shape index (κ2) is 3.98. The van der Waals surface area contributed by atoms with Crippen molar-refractivity contribution in [2.45, 2.75) is 33.1 Å². The summed E-state index contributed by atoms with van der Waals surface area (Å²) in [5.74, 6) is 0.492. The van der Waals surface area contributed by atoms with E-state index in [-0.39, 0.29) is 11.3 Å². The van der Waals surface area contributed by atoms with Gasteiger partial charge in [-0.25, -0.2) is 0 Å². The molecule has 3 rings (SSSR count). The number of carbonyl (C=O) groups excluding carboxylic acids is 1. The molecule has 2 heteroatoms. The van der Waals surface area contributed by atoms with Gasteiger partial charge in [0.05, 0.1) is 0 Å². The number of aromatic nitrogens is 1. The highest BCUT2D eigenvalue weighted by Gasteiger charge is 2.39. The predicted molar refractivity (Wildman–Crippen MR) is 73.8 cm³/mol. The molecule has 1 aliphatic carbocycles. The minimum absolute atomic E-state index is 0.148. The molecule has 1 fully saturated rings. The third-order valence-corrected chi connectivity index (χ3v) is 4.43. The number of hydrogen-bond donors (Lipinski definition) is 1. The molecule has 1 unspecified atom stereocenters. The monoisotopic (exact) mass is 241 g/mol. The molecule has 0 saturated heterocycles. The molecule has 1 aromatic carbocycles. The van der Waals surface area contributed by atoms with E-state index in [0.717, 1.165) is 29.3 Å². The summed E-state index contributed by atoms with van der Waals surface area (Å²) in [6, 6.07) is 8.03. The number of benzene rings is 1. The van der Waals surface area contributed by atoms with Gasteiger partial charge in [0, 0.05) is 28.6 Å². The number of para-hydroxylation sites is 1. The Morgan fingerprint density at radius 3 is 2.83 bits per heavy atom. The highest BCUT2D eigenvalue weighted by atomic mass is 16.1. The smallest absolute Gasteiger partial charge is 0.168 e. The van der Waals surface area contributed by atoms with E-state index >= 15 is 0 Å². The lowest BCUT2D eigenvalue weighted by Crippen LogP contribution is -2.25. The molecule has 0 radical (unpaired) electrons. The third kappa shape index (κ3) is 1.67. The molecular weight excluding hydrogens is 222 g/mol. The molecule has 1 atom stereocenters. The van der Waals surface area contributed by atoms with Crippen molar-refractivity contribution in [1.82, 2.24) is 4.98 Å². The van der Waals surface area contributed by atoms with E-state index in [9.17, 15) is 4.79 Å². The van der Waals surface area contributed by atoms with E-state index in [1.807, 2.05) is 30.5 Å². The minimum atomic E-state index is 0.148. The van der Waals surface area contributed by atoms with Crippen molar-refractivity contribution in [3.63, 3.8) is 0 Å². The number of ketones is 1. The van der Waals surface area contributed by atoms with Crippen molar-refractivity contribution in [1.29, 1.82) is 0 Å². The van der Waals surface area contributed by atoms with E-state index in [4.69, 9.17) is 0 Å². The van der Waals surface area contributed by atoms with Gasteiger partial charge in [0.1, 0.15) is 0 Å². The van der Waals surface area contributed by atoms with Gasteiger partial charge < -0.3 is 4.98 Å². The van der Waals surface area contributed by atoms with Gasteiger partial charge in [-0.3, -0.25) is 4.79 Å². The summed E-state index contributed by atoms with van der Waals surface area (Å²) in [6.07, 6.45) is 5.24. The zero-order chi connectivity index (χ0) is 12.8. The molecule has 1 aliphatic rings. The van der Waals surface area contributed by atoms with Gasteiger partial charge >= 0.3 is 0 Å². The summed E-state index contributed by atoms with van der Waals surface area (Å²) in [6.45, 7) is 4.44. The van der Waals surface area contributed by atoms with Gasteiger partial charge in [0.15, 0.2) is 5.78 Å². The van der Waals surface area contributed by atoms with Crippen LogP contribution >= 0.6 is 0 Å². The highest BCUT2D eigenvalue weighted by Crippen LogP contribution is 2.44. The molecule has 1 aromatic heterocycles. The zero-order valence-corrected chi connectivity index (χ0v) is 11.0. The number of rotatable bonds is 2. The largest absolute Gasteiger partial charge is 0.360 e. The van der Waals surface area contributed by atoms with Crippen molar-refractivity contribution < 1.29 is 4.79 Å². The Balaban J connectivity index is 2.02. The number of H-pyrrole nitrogens is 1. The van der Waals surface area contributed by atoms with Crippen LogP contribution in [-0.4, -0.2) is 10.8 Å². The predicted octanol–water partition coefficient (Wildman–Crippen LogP) is 4.18. The summed E-state index contributed by atoms with van der Waals surface area (Å²) in [7, 11) is 0. The first-order valence-corrected chi connectivity index (χ1v) is 6.70. The average molecular weight is 241 g/mol. The normalized spacial score (nSPS) is 22.4. The number of fused-ring (bicyclic) bond motifs is 1. The Bertz CT molecular complexity index is 594. The number of nitrogens with one attached hydrogen (secondary N) is 1. The van der Waals surface area contributed by atoms with Gasteiger partial charge in [-0.1, -0.05) is 38.5 Å². The fraction of sp³-hybridized carbons (Fsp3) is 0.438. The van der Waals surface area contributed by atoms with Crippen LogP contribution in [0, 0.1) is 11.3 Å². The zero-order valence-electron chi connectivity index (χ0n) is 11.0. The fourth-order valence-electron chi connectivity index (χ4n) is 3.28. The Morgan fingerprint density at radius 1 is 1.33 bits per heavy atom. The number of Topliss-reactive ketones (excluding diaryl/α,β-unsaturated/α-hetero) is 1. The van der Waals surface area contributed by atoms with Crippen LogP contribution in [0.2, 0.25) is 0 Å². The number of aromatic amines is 1. The van der Waals surface area contributed by atoms with E-state index in [2.05, 4.69) is 18.8 Å². The van der Waals surface area contributed by atoms with Gasteiger partial charge in [0.25, 0.3) is 0 Å². The average Bonchev–Trinajstić information content (AvgIpc) is 2.91. The standard InChI is InChI=1S/C16H19NO/c1-16(2)9-5-7-13(16)15(18)12-10-17-14-8-4-3-6-11(12)14/h3-4,6,8,10,13,17H,5,7,9H2,1-2H3. The SMILES string of the molecule is CC1(C)CCCC1C(=O)c1c[nH]c2ccccc12. The Kier molecular flexibility index (Phi) is 2.54. The van der Waals surface area contributed by atoms with Crippen LogP contribution < -0.4 is 0 Å². The van der Waals surface area contributed by atoms with Crippen LogP contribution in [0.15, 0.2) is 30.5 Å². The lowest BCUT2D eigenvalue weighted by Gasteiger charge is -2.25. The minimum Gasteiger partial charge on any atom is -0.360 e. The van der Waals surface area contributed by atoms with Crippen LogP contribution in [0.3, 0.4) is 0 Å². The molecule has 0 bridgehead atoms. The third-order valence-electron chi connectivity index (χ3n) is 4.43. The molecule has 1 saturated carbocycles. The molecule has 18 heavy (non-hydrogen) atoms. The van der Waals surface area contributed by atoms with Crippen molar-refractivity contribution in [2.75, 3.05) is 0 Å². The van der Waals surface area contributed by atoms with Crippen molar-refractivity contribution >= 4 is 16.7 Å². The Morgan fingerprint density at radius 2 is 2.11 bits per heavy atom. The fourth-order valence-corrected chi connectivity index (χ4v) is 3.28. The molecule has 1 N–H and O–H groups in total. The maximum atomic E-state index is 12.7. The van der Waals surface area contributed by atoms with Gasteiger partial charge in [-0.15, -0.1) is 0 Å². The topological polar surface area (TPSA) is 32.9 Å². The van der Waals surface area contributed by atoms with Crippen LogP contribution in [0.5, 0.6) is 0 Å². The summed E-state index contributed by atoms with van der Waals surface area (Å²) in [4.78, 5) is 15.9. The maximum Gasteiger partial charge on any atom is 0.168 e. The lowest BCUT2D eigenvalue weighted by molar-refractivity contribution is 0.0841. The van der Waals surface area contributed by atoms with E-state index in [1.54, 1.807) is 0 Å². The van der Waals surface area contributed by atoms with Gasteiger partial charge in [-0.2, -0.15) is 0 Å². The molecule has 1 heterocycles. The molecule has 0 spiro atoms. The molecule has 0 aliphatic heterocycles. The van der Waals surface area contributed by atoms with E-state index in [1.165, 1.54) is 6.42 Å². The summed E-state index contributed by atoms with van der Waals surface area (Å²) < 4.78 is 0. The first-order valence-electron chi connectivity index (χ1n) is 6.70. The summed E-state index contributed by atoms with van der Waals surface area (Å²) in [5.41, 5.74) is 2.07. The second-order valence-corrected chi connectivity index (χ2v) is 6.05. The summed E-state index contributed by atoms with van der Waals surface area (Å²) in [5, 5.41) is 1.06. The first kappa shape index (κ1) is 11.5. The Hall–Kier alpha value is -1.57. The maximum absolute atomic E-state index is 12.7. The van der Waals surface area contributed by atoms with Crippen LogP contribution in [0.25, 0.3) is 10.9 Å². The molecule has 0 amide bonds. The van der Waals surface area contributed by atoms with E-state index < -0.39 is 0 Å². The van der Waals surface area contributed by atoms with Crippen LogP contribution in [0.1, 0.15) is 43.5 Å². The lowest BCUT2D eigenvalue weighted by atomic mass is 9.78. The van der Waals surface area contributed by atoms with Gasteiger partial charge in [-0.05, 0) is 24.3 Å². The number of hydrogen-bond acceptors (Lipinski definition) is 1. The molecule has 94 valence electrons. The molecular formula is C16H19NO. The Labute approximate surface area is 107 Å². The highest BCUT2D eigenvalue weighted by molar-refractivity contribution is 6.09. The van der Waals surface area contributed by atoms with Crippen molar-refractivity contribution in [3.05, 3.63) is 36.0 Å². The molecule has 2 aromatic rings. The number of carbonyl (C=O) groups is 1. The van der Waals surface area contributed by atoms with E-state index in [0.29, 0.717) is 5.78 Å². The quantitative estimate of drug-likeness (QED) is 0.786. The second-order valence-electron chi connectivity index (χ2n) is 6.05. The molecule has 2 nitrogen and oxygen atoms in total. The van der Waals surface area contributed by atoms with Gasteiger partial charge in [0.2, 0.25) is 0 Å². The van der Waals surface area contributed by atoms with Crippen molar-refractivity contribution in [2.24, 2.45) is 11.3 Å². The van der Waals surface area contributed by atoms with Crippen LogP contribution in [-0.2, 0) is 0 Å². The van der Waals surface area contributed by atoms with Crippen molar-refractivity contribution in [3.8, 4) is 0 Å².